The van der Waals surface area contributed by atoms with Crippen molar-refractivity contribution in [1.82, 2.24) is 0 Å². The Labute approximate surface area is 64.7 Å². The standard InChI is InChI=1S/C6H4FNO2S/c7-6-8-4-2-1-3-10-5(4)11(6)9/h1-2H,3H2. The van der Waals surface area contributed by atoms with Crippen LogP contribution in [0.5, 0.6) is 0 Å². The summed E-state index contributed by atoms with van der Waals surface area (Å²) in [5, 5.41) is -0.730. The first-order valence-electron chi connectivity index (χ1n) is 2.98. The molecule has 0 spiro atoms. The number of nitrogens with zero attached hydrogens (tertiary/aromatic N) is 1. The van der Waals surface area contributed by atoms with Crippen molar-refractivity contribution in [2.75, 3.05) is 6.61 Å². The predicted molar refractivity (Wildman–Crippen MR) is 38.8 cm³/mol. The van der Waals surface area contributed by atoms with Gasteiger partial charge in [0.05, 0.1) is 0 Å². The fourth-order valence-electron chi connectivity index (χ4n) is 0.870. The van der Waals surface area contributed by atoms with Crippen molar-refractivity contribution in [2.24, 2.45) is 4.99 Å². The van der Waals surface area contributed by atoms with Gasteiger partial charge in [-0.05, 0) is 12.2 Å². The van der Waals surface area contributed by atoms with Crippen LogP contribution in [-0.4, -0.2) is 16.1 Å². The summed E-state index contributed by atoms with van der Waals surface area (Å²) < 4.78 is 28.4. The van der Waals surface area contributed by atoms with Gasteiger partial charge in [0, 0.05) is 0 Å². The molecule has 0 radical (unpaired) electrons. The highest BCUT2D eigenvalue weighted by atomic mass is 32.2. The fraction of sp³-hybridized carbons (Fsp3) is 0.167. The largest absolute Gasteiger partial charge is 0.479 e. The zero-order valence-electron chi connectivity index (χ0n) is 5.41. The Kier molecular flexibility index (Phi) is 1.38. The van der Waals surface area contributed by atoms with Crippen molar-refractivity contribution in [2.45, 2.75) is 0 Å². The van der Waals surface area contributed by atoms with Crippen LogP contribution in [0.15, 0.2) is 27.9 Å². The molecule has 2 rings (SSSR count). The van der Waals surface area contributed by atoms with Crippen LogP contribution in [0.25, 0.3) is 0 Å². The summed E-state index contributed by atoms with van der Waals surface area (Å²) in [6.07, 6.45) is 3.29. The van der Waals surface area contributed by atoms with Gasteiger partial charge in [-0.1, -0.05) is 0 Å². The van der Waals surface area contributed by atoms with E-state index in [4.69, 9.17) is 4.74 Å². The van der Waals surface area contributed by atoms with E-state index in [-0.39, 0.29) is 5.09 Å². The highest BCUT2D eigenvalue weighted by Crippen LogP contribution is 2.25. The summed E-state index contributed by atoms with van der Waals surface area (Å²) in [6, 6.07) is 0. The molecule has 0 bridgehead atoms. The van der Waals surface area contributed by atoms with Gasteiger partial charge in [0.25, 0.3) is 5.30 Å². The van der Waals surface area contributed by atoms with Gasteiger partial charge in [0.2, 0.25) is 5.09 Å². The summed E-state index contributed by atoms with van der Waals surface area (Å²) >= 11 is 0. The topological polar surface area (TPSA) is 38.7 Å². The molecular weight excluding hydrogens is 169 g/mol. The molecule has 2 heterocycles. The molecule has 0 aliphatic carbocycles. The average molecular weight is 173 g/mol. The van der Waals surface area contributed by atoms with E-state index in [9.17, 15) is 8.60 Å². The molecule has 0 fully saturated rings. The molecule has 2 aliphatic rings. The van der Waals surface area contributed by atoms with Crippen molar-refractivity contribution in [3.63, 3.8) is 0 Å². The summed E-state index contributed by atoms with van der Waals surface area (Å²) in [5.74, 6) is 0. The third-order valence-corrected chi connectivity index (χ3v) is 2.39. The molecule has 11 heavy (non-hydrogen) atoms. The first-order chi connectivity index (χ1) is 5.29. The molecule has 0 aromatic carbocycles. The predicted octanol–water partition coefficient (Wildman–Crippen LogP) is 0.830. The molecule has 0 amide bonds. The second-order valence-corrected chi connectivity index (χ2v) is 3.26. The highest BCUT2D eigenvalue weighted by Gasteiger charge is 2.28. The third-order valence-electron chi connectivity index (χ3n) is 1.33. The van der Waals surface area contributed by atoms with Crippen molar-refractivity contribution in [1.29, 1.82) is 0 Å². The minimum Gasteiger partial charge on any atom is -0.479 e. The number of aliphatic imine (C=N–C) groups is 1. The number of hydrogen-bond acceptors (Lipinski definition) is 3. The maximum absolute atomic E-state index is 12.5. The van der Waals surface area contributed by atoms with E-state index < -0.39 is 16.1 Å². The number of allylic oxidation sites excluding steroid dienone is 1. The van der Waals surface area contributed by atoms with Gasteiger partial charge in [-0.25, -0.2) is 9.20 Å². The van der Waals surface area contributed by atoms with Crippen LogP contribution in [0.2, 0.25) is 0 Å². The number of halogens is 1. The Morgan fingerprint density at radius 3 is 3.27 bits per heavy atom. The Balaban J connectivity index is 2.46. The first kappa shape index (κ1) is 6.72. The second-order valence-electron chi connectivity index (χ2n) is 2.02. The normalized spacial score (nSPS) is 28.1. The Bertz CT molecular complexity index is 319. The molecule has 0 N–H and O–H groups in total. The molecule has 0 aromatic rings. The van der Waals surface area contributed by atoms with Crippen molar-refractivity contribution in [3.05, 3.63) is 22.9 Å². The molecule has 0 saturated heterocycles. The number of rotatable bonds is 0. The monoisotopic (exact) mass is 173 g/mol. The van der Waals surface area contributed by atoms with E-state index in [0.717, 1.165) is 0 Å². The summed E-state index contributed by atoms with van der Waals surface area (Å²) in [5.41, 5.74) is 0.340. The van der Waals surface area contributed by atoms with E-state index >= 15 is 0 Å². The lowest BCUT2D eigenvalue weighted by Gasteiger charge is -2.06. The van der Waals surface area contributed by atoms with Crippen molar-refractivity contribution >= 4 is 16.1 Å². The van der Waals surface area contributed by atoms with E-state index in [1.54, 1.807) is 12.2 Å². The summed E-state index contributed by atoms with van der Waals surface area (Å²) in [7, 11) is -1.79. The van der Waals surface area contributed by atoms with Crippen LogP contribution in [0.1, 0.15) is 0 Å². The van der Waals surface area contributed by atoms with Crippen LogP contribution >= 0.6 is 0 Å². The molecule has 5 heteroatoms. The average Bonchev–Trinajstić information content (AvgIpc) is 2.30. The van der Waals surface area contributed by atoms with E-state index in [0.29, 0.717) is 12.3 Å². The lowest BCUT2D eigenvalue weighted by atomic mass is 10.4. The SMILES string of the molecule is O=S1C(F)=NC2=C1OCC=C2. The van der Waals surface area contributed by atoms with Gasteiger partial charge in [-0.2, -0.15) is 4.39 Å². The van der Waals surface area contributed by atoms with Gasteiger partial charge in [0.1, 0.15) is 12.3 Å². The van der Waals surface area contributed by atoms with Crippen LogP contribution in [0, 0.1) is 0 Å². The maximum atomic E-state index is 12.5. The van der Waals surface area contributed by atoms with Crippen LogP contribution in [0.4, 0.5) is 4.39 Å². The Morgan fingerprint density at radius 2 is 2.55 bits per heavy atom. The molecule has 3 nitrogen and oxygen atoms in total. The molecule has 1 atom stereocenters. The minimum absolute atomic E-state index is 0.144. The van der Waals surface area contributed by atoms with Crippen LogP contribution in [-0.2, 0) is 15.5 Å². The summed E-state index contributed by atoms with van der Waals surface area (Å²) in [4.78, 5) is 3.41. The Hall–Kier alpha value is -0.970. The molecule has 0 aromatic heterocycles. The van der Waals surface area contributed by atoms with Crippen molar-refractivity contribution < 1.29 is 13.3 Å². The molecule has 0 saturated carbocycles. The quantitative estimate of drug-likeness (QED) is 0.544. The number of ether oxygens (including phenoxy) is 1. The molecule has 2 aliphatic heterocycles. The lowest BCUT2D eigenvalue weighted by Crippen LogP contribution is -2.04. The van der Waals surface area contributed by atoms with Gasteiger partial charge < -0.3 is 4.74 Å². The summed E-state index contributed by atoms with van der Waals surface area (Å²) in [6.45, 7) is 0.341. The molecule has 1 unspecified atom stereocenters. The maximum Gasteiger partial charge on any atom is 0.286 e. The van der Waals surface area contributed by atoms with Crippen molar-refractivity contribution in [3.8, 4) is 0 Å². The first-order valence-corrected chi connectivity index (χ1v) is 4.13. The van der Waals surface area contributed by atoms with Gasteiger partial charge in [-0.15, -0.1) is 0 Å². The third kappa shape index (κ3) is 0.920. The fourth-order valence-corrected chi connectivity index (χ4v) is 1.68. The van der Waals surface area contributed by atoms with E-state index in [2.05, 4.69) is 4.99 Å². The van der Waals surface area contributed by atoms with E-state index in [1.165, 1.54) is 0 Å². The van der Waals surface area contributed by atoms with Gasteiger partial charge in [0.15, 0.2) is 10.8 Å². The second kappa shape index (κ2) is 2.27. The Morgan fingerprint density at radius 1 is 1.73 bits per heavy atom. The van der Waals surface area contributed by atoms with Crippen LogP contribution in [0.3, 0.4) is 0 Å². The lowest BCUT2D eigenvalue weighted by molar-refractivity contribution is 0.268. The van der Waals surface area contributed by atoms with E-state index in [1.807, 2.05) is 0 Å². The van der Waals surface area contributed by atoms with Gasteiger partial charge in [-0.3, -0.25) is 0 Å². The zero-order valence-corrected chi connectivity index (χ0v) is 6.23. The van der Waals surface area contributed by atoms with Gasteiger partial charge >= 0.3 is 0 Å². The number of hydrogen-bond donors (Lipinski definition) is 0. The molecule has 58 valence electrons. The smallest absolute Gasteiger partial charge is 0.286 e. The minimum atomic E-state index is -1.79. The zero-order chi connectivity index (χ0) is 7.84. The highest BCUT2D eigenvalue weighted by molar-refractivity contribution is 8.03. The molecular formula is C6H4FNO2S. The van der Waals surface area contributed by atoms with Crippen LogP contribution < -0.4 is 0 Å².